The van der Waals surface area contributed by atoms with Crippen LogP contribution in [-0.4, -0.2) is 35.3 Å². The highest BCUT2D eigenvalue weighted by molar-refractivity contribution is 5.90. The third-order valence-corrected chi connectivity index (χ3v) is 2.97. The van der Waals surface area contributed by atoms with Gasteiger partial charge in [-0.1, -0.05) is 0 Å². The number of benzene rings is 1. The Kier molecular flexibility index (Phi) is 5.70. The van der Waals surface area contributed by atoms with Crippen molar-refractivity contribution in [3.8, 4) is 0 Å². The van der Waals surface area contributed by atoms with E-state index in [0.29, 0.717) is 0 Å². The van der Waals surface area contributed by atoms with Crippen LogP contribution in [0.25, 0.3) is 0 Å². The Morgan fingerprint density at radius 3 is 1.58 bits per heavy atom. The van der Waals surface area contributed by atoms with E-state index >= 15 is 0 Å². The number of alkyl halides is 9. The van der Waals surface area contributed by atoms with Gasteiger partial charge in [-0.15, -0.1) is 0 Å². The molecule has 4 N–H and O–H groups in total. The topological polar surface area (TPSA) is 88.9 Å². The molecule has 15 heteroatoms. The van der Waals surface area contributed by atoms with E-state index in [1.807, 2.05) is 0 Å². The summed E-state index contributed by atoms with van der Waals surface area (Å²) in [4.78, 5) is 11.3. The van der Waals surface area contributed by atoms with Crippen molar-refractivity contribution in [1.29, 1.82) is 0 Å². The molecule has 0 saturated heterocycles. The number of urea groups is 1. The Labute approximate surface area is 137 Å². The van der Waals surface area contributed by atoms with Crippen molar-refractivity contribution in [1.82, 2.24) is 5.32 Å². The standard InChI is InChI=1S/C11H8F9N3O3/c12-9(13,14)8(10(15,16)17,11(18,19)20)22-7(24)21-5-1-3-6(4-2-5)23(25)26/h1-4,23,25H,(H2,21,22,24). The predicted molar refractivity (Wildman–Crippen MR) is 65.3 cm³/mol. The Bertz CT molecular complexity index is 601. The highest BCUT2D eigenvalue weighted by Crippen LogP contribution is 2.52. The van der Waals surface area contributed by atoms with Crippen LogP contribution in [0.15, 0.2) is 24.3 Å². The van der Waals surface area contributed by atoms with E-state index in [2.05, 4.69) is 0 Å². The molecule has 1 rings (SSSR count). The predicted octanol–water partition coefficient (Wildman–Crippen LogP) is 2.64. The summed E-state index contributed by atoms with van der Waals surface area (Å²) >= 11 is 0. The van der Waals surface area contributed by atoms with Crippen LogP contribution >= 0.6 is 0 Å². The van der Waals surface area contributed by atoms with Gasteiger partial charge in [-0.2, -0.15) is 44.7 Å². The van der Waals surface area contributed by atoms with Crippen molar-refractivity contribution < 1.29 is 54.7 Å². The molecular formula is C11H8F9N3O3. The molecule has 0 heterocycles. The molecule has 1 unspecified atom stereocenters. The fourth-order valence-corrected chi connectivity index (χ4v) is 1.72. The molecular weight excluding hydrogens is 393 g/mol. The third kappa shape index (κ3) is 4.10. The number of carbonyl (C=O) groups excluding carboxylic acids is 1. The number of halogens is 9. The van der Waals surface area contributed by atoms with Crippen LogP contribution in [0.2, 0.25) is 0 Å². The first-order chi connectivity index (χ1) is 11.5. The second kappa shape index (κ2) is 6.81. The van der Waals surface area contributed by atoms with Crippen LogP contribution in [0.3, 0.4) is 0 Å². The SMILES string of the molecule is O=C(Nc1ccc([NH+]([O-])O)cc1)NC(C(F)(F)F)(C(F)(F)F)C(F)(F)F. The summed E-state index contributed by atoms with van der Waals surface area (Å²) in [5.41, 5.74) is -7.41. The number of quaternary nitrogens is 1. The number of hydrogen-bond acceptors (Lipinski definition) is 3. The van der Waals surface area contributed by atoms with Gasteiger partial charge in [-0.05, 0) is 12.1 Å². The zero-order valence-corrected chi connectivity index (χ0v) is 12.0. The smallest absolute Gasteiger partial charge is 0.429 e. The number of anilines is 1. The molecule has 0 spiro atoms. The van der Waals surface area contributed by atoms with Gasteiger partial charge in [-0.25, -0.2) is 10.0 Å². The zero-order valence-electron chi connectivity index (χ0n) is 12.0. The van der Waals surface area contributed by atoms with E-state index in [-0.39, 0.29) is 11.0 Å². The average molecular weight is 401 g/mol. The quantitative estimate of drug-likeness (QED) is 0.464. The van der Waals surface area contributed by atoms with Crippen LogP contribution in [0.4, 0.5) is 55.7 Å². The second-order valence-electron chi connectivity index (χ2n) is 4.70. The molecule has 0 aliphatic carbocycles. The van der Waals surface area contributed by atoms with Crippen LogP contribution in [0.5, 0.6) is 0 Å². The van der Waals surface area contributed by atoms with E-state index in [1.54, 1.807) is 0 Å². The Morgan fingerprint density at radius 2 is 1.27 bits per heavy atom. The first-order valence-corrected chi connectivity index (χ1v) is 6.15. The normalized spacial score (nSPS) is 14.7. The third-order valence-electron chi connectivity index (χ3n) is 2.97. The van der Waals surface area contributed by atoms with Gasteiger partial charge >= 0.3 is 30.1 Å². The highest BCUT2D eigenvalue weighted by atomic mass is 19.4. The molecule has 2 amide bonds. The van der Waals surface area contributed by atoms with Crippen molar-refractivity contribution in [3.63, 3.8) is 0 Å². The van der Waals surface area contributed by atoms with Gasteiger partial charge in [0.1, 0.15) is 0 Å². The molecule has 0 saturated carbocycles. The van der Waals surface area contributed by atoms with Crippen molar-refractivity contribution >= 4 is 17.4 Å². The van der Waals surface area contributed by atoms with Gasteiger partial charge in [-0.3, -0.25) is 0 Å². The first kappa shape index (κ1) is 21.8. The summed E-state index contributed by atoms with van der Waals surface area (Å²) in [5, 5.41) is 19.0. The van der Waals surface area contributed by atoms with Gasteiger partial charge in [0.15, 0.2) is 5.69 Å². The van der Waals surface area contributed by atoms with Crippen LogP contribution in [0, 0.1) is 5.21 Å². The maximum absolute atomic E-state index is 12.7. The lowest BCUT2D eigenvalue weighted by atomic mass is 9.97. The fraction of sp³-hybridized carbons (Fsp3) is 0.364. The minimum absolute atomic E-state index is 0.105. The first-order valence-electron chi connectivity index (χ1n) is 6.15. The Morgan fingerprint density at radius 1 is 0.885 bits per heavy atom. The second-order valence-corrected chi connectivity index (χ2v) is 4.70. The van der Waals surface area contributed by atoms with E-state index in [4.69, 9.17) is 5.21 Å². The Hall–Kier alpha value is -2.26. The van der Waals surface area contributed by atoms with E-state index in [0.717, 1.165) is 24.3 Å². The minimum Gasteiger partial charge on any atom is -0.595 e. The summed E-state index contributed by atoms with van der Waals surface area (Å²) in [6.07, 6.45) is -20.9. The van der Waals surface area contributed by atoms with Crippen molar-refractivity contribution in [2.24, 2.45) is 0 Å². The molecule has 6 nitrogen and oxygen atoms in total. The van der Waals surface area contributed by atoms with Gasteiger partial charge in [0.05, 0.1) is 0 Å². The lowest BCUT2D eigenvalue weighted by molar-refractivity contribution is -0.991. The fourth-order valence-electron chi connectivity index (χ4n) is 1.72. The molecule has 0 fully saturated rings. The molecule has 26 heavy (non-hydrogen) atoms. The molecule has 0 aromatic heterocycles. The number of carbonyl (C=O) groups is 1. The van der Waals surface area contributed by atoms with Gasteiger partial charge in [0, 0.05) is 17.8 Å². The van der Waals surface area contributed by atoms with Gasteiger partial charge < -0.3 is 15.8 Å². The molecule has 0 aliphatic heterocycles. The maximum Gasteiger partial charge on any atom is 0.429 e. The largest absolute Gasteiger partial charge is 0.595 e. The lowest BCUT2D eigenvalue weighted by Crippen LogP contribution is -2.99. The molecule has 0 radical (unpaired) electrons. The zero-order chi connectivity index (χ0) is 20.6. The maximum atomic E-state index is 12.7. The monoisotopic (exact) mass is 401 g/mol. The van der Waals surface area contributed by atoms with Crippen LogP contribution in [-0.2, 0) is 0 Å². The number of amides is 2. The van der Waals surface area contributed by atoms with Crippen LogP contribution in [0.1, 0.15) is 0 Å². The van der Waals surface area contributed by atoms with Crippen LogP contribution < -0.4 is 15.9 Å². The number of hydrogen-bond donors (Lipinski definition) is 4. The number of rotatable bonds is 3. The van der Waals surface area contributed by atoms with Crippen molar-refractivity contribution in [2.75, 3.05) is 5.32 Å². The molecule has 0 aliphatic rings. The molecule has 148 valence electrons. The average Bonchev–Trinajstić information content (AvgIpc) is 2.41. The summed E-state index contributed by atoms with van der Waals surface area (Å²) < 4.78 is 114. The minimum atomic E-state index is -6.95. The molecule has 0 bridgehead atoms. The highest BCUT2D eigenvalue weighted by Gasteiger charge is 2.84. The van der Waals surface area contributed by atoms with Gasteiger partial charge in [0.2, 0.25) is 0 Å². The van der Waals surface area contributed by atoms with Crippen molar-refractivity contribution in [3.05, 3.63) is 29.5 Å². The van der Waals surface area contributed by atoms with E-state index in [9.17, 15) is 49.5 Å². The van der Waals surface area contributed by atoms with Crippen molar-refractivity contribution in [2.45, 2.75) is 24.1 Å². The summed E-state index contributed by atoms with van der Waals surface area (Å²) in [6.45, 7) is 0. The summed E-state index contributed by atoms with van der Waals surface area (Å²) in [6, 6.07) is 0.657. The van der Waals surface area contributed by atoms with Gasteiger partial charge in [0.25, 0.3) is 0 Å². The molecule has 1 aromatic rings. The Balaban J connectivity index is 3.18. The summed E-state index contributed by atoms with van der Waals surface area (Å²) in [7, 11) is 0. The lowest BCUT2D eigenvalue weighted by Gasteiger charge is -2.38. The van der Waals surface area contributed by atoms with E-state index in [1.165, 1.54) is 5.32 Å². The molecule has 1 aromatic carbocycles. The molecule has 1 atom stereocenters. The van der Waals surface area contributed by atoms with E-state index < -0.39 is 41.0 Å². The summed E-state index contributed by atoms with van der Waals surface area (Å²) in [5.74, 6) is 0. The number of nitrogens with one attached hydrogen (secondary N) is 3.